The standard InChI is InChI=1S/C15H12N6O3/c1-10-4-2-6-12(19-10)20-14-13(21(22)23)15(18-9-17-14)24-11-5-3-7-16-8-11/h2-9H,1H3,(H,17,18,19,20). The Bertz CT molecular complexity index is 872. The van der Waals surface area contributed by atoms with Crippen molar-refractivity contribution in [2.24, 2.45) is 0 Å². The molecule has 24 heavy (non-hydrogen) atoms. The smallest absolute Gasteiger partial charge is 0.373 e. The normalized spacial score (nSPS) is 10.2. The highest BCUT2D eigenvalue weighted by molar-refractivity contribution is 5.67. The minimum atomic E-state index is -0.607. The number of nitro groups is 1. The Morgan fingerprint density at radius 2 is 2.08 bits per heavy atom. The maximum absolute atomic E-state index is 11.5. The molecule has 0 aliphatic rings. The molecule has 0 amide bonds. The molecule has 1 N–H and O–H groups in total. The second kappa shape index (κ2) is 6.65. The molecule has 0 aliphatic carbocycles. The van der Waals surface area contributed by atoms with Crippen LogP contribution in [0.4, 0.5) is 17.3 Å². The van der Waals surface area contributed by atoms with Crippen molar-refractivity contribution < 1.29 is 9.66 Å². The van der Waals surface area contributed by atoms with Gasteiger partial charge in [-0.1, -0.05) is 6.07 Å². The van der Waals surface area contributed by atoms with Gasteiger partial charge in [0.15, 0.2) is 0 Å². The third-order valence-corrected chi connectivity index (χ3v) is 2.96. The largest absolute Gasteiger partial charge is 0.432 e. The van der Waals surface area contributed by atoms with Gasteiger partial charge in [0.1, 0.15) is 17.9 Å². The molecule has 0 unspecified atom stereocenters. The highest BCUT2D eigenvalue weighted by atomic mass is 16.6. The number of aryl methyl sites for hydroxylation is 1. The summed E-state index contributed by atoms with van der Waals surface area (Å²) in [6.07, 6.45) is 4.18. The summed E-state index contributed by atoms with van der Waals surface area (Å²) in [6, 6.07) is 8.55. The summed E-state index contributed by atoms with van der Waals surface area (Å²) in [5.74, 6) is 0.577. The van der Waals surface area contributed by atoms with Gasteiger partial charge in [-0.3, -0.25) is 15.1 Å². The zero-order valence-corrected chi connectivity index (χ0v) is 12.6. The monoisotopic (exact) mass is 324 g/mol. The van der Waals surface area contributed by atoms with Gasteiger partial charge in [-0.15, -0.1) is 0 Å². The summed E-state index contributed by atoms with van der Waals surface area (Å²) < 4.78 is 5.46. The van der Waals surface area contributed by atoms with Crippen LogP contribution in [0.25, 0.3) is 0 Å². The van der Waals surface area contributed by atoms with E-state index in [-0.39, 0.29) is 17.4 Å². The molecule has 3 heterocycles. The molecule has 0 aliphatic heterocycles. The first-order valence-electron chi connectivity index (χ1n) is 6.91. The molecule has 3 rings (SSSR count). The summed E-state index contributed by atoms with van der Waals surface area (Å²) in [7, 11) is 0. The van der Waals surface area contributed by atoms with Crippen molar-refractivity contribution in [3.05, 3.63) is 64.9 Å². The van der Waals surface area contributed by atoms with E-state index in [4.69, 9.17) is 4.74 Å². The summed E-state index contributed by atoms with van der Waals surface area (Å²) >= 11 is 0. The van der Waals surface area contributed by atoms with E-state index in [0.717, 1.165) is 5.69 Å². The van der Waals surface area contributed by atoms with Crippen LogP contribution in [-0.2, 0) is 0 Å². The van der Waals surface area contributed by atoms with Crippen molar-refractivity contribution in [2.75, 3.05) is 5.32 Å². The third kappa shape index (κ3) is 3.40. The molecular formula is C15H12N6O3. The number of rotatable bonds is 5. The zero-order chi connectivity index (χ0) is 16.9. The average molecular weight is 324 g/mol. The van der Waals surface area contributed by atoms with Gasteiger partial charge >= 0.3 is 11.6 Å². The lowest BCUT2D eigenvalue weighted by atomic mass is 10.3. The van der Waals surface area contributed by atoms with Gasteiger partial charge in [-0.2, -0.15) is 4.98 Å². The number of ether oxygens (including phenoxy) is 1. The van der Waals surface area contributed by atoms with Crippen LogP contribution in [0.1, 0.15) is 5.69 Å². The number of nitrogens with one attached hydrogen (secondary N) is 1. The number of anilines is 2. The molecule has 0 saturated heterocycles. The molecule has 3 aromatic rings. The van der Waals surface area contributed by atoms with E-state index >= 15 is 0 Å². The second-order valence-corrected chi connectivity index (χ2v) is 4.71. The van der Waals surface area contributed by atoms with Crippen molar-refractivity contribution >= 4 is 17.3 Å². The molecule has 3 aromatic heterocycles. The summed E-state index contributed by atoms with van der Waals surface area (Å²) in [5.41, 5.74) is 0.383. The average Bonchev–Trinajstić information content (AvgIpc) is 2.56. The molecule has 0 spiro atoms. The minimum Gasteiger partial charge on any atom is -0.432 e. The number of nitrogens with zero attached hydrogens (tertiary/aromatic N) is 5. The van der Waals surface area contributed by atoms with Gasteiger partial charge in [-0.25, -0.2) is 9.97 Å². The van der Waals surface area contributed by atoms with Gasteiger partial charge in [-0.05, 0) is 31.2 Å². The van der Waals surface area contributed by atoms with Gasteiger partial charge in [0.25, 0.3) is 0 Å². The van der Waals surface area contributed by atoms with Gasteiger partial charge in [0, 0.05) is 11.9 Å². The summed E-state index contributed by atoms with van der Waals surface area (Å²) in [6.45, 7) is 1.82. The molecule has 0 aromatic carbocycles. The Morgan fingerprint density at radius 3 is 2.79 bits per heavy atom. The second-order valence-electron chi connectivity index (χ2n) is 4.71. The van der Waals surface area contributed by atoms with Crippen LogP contribution < -0.4 is 10.1 Å². The quantitative estimate of drug-likeness (QED) is 0.562. The fraction of sp³-hybridized carbons (Fsp3) is 0.0667. The lowest BCUT2D eigenvalue weighted by Gasteiger charge is -2.09. The van der Waals surface area contributed by atoms with Gasteiger partial charge in [0.05, 0.1) is 11.1 Å². The van der Waals surface area contributed by atoms with Gasteiger partial charge < -0.3 is 10.1 Å². The molecule has 120 valence electrons. The maximum Gasteiger partial charge on any atom is 0.373 e. The molecule has 0 fully saturated rings. The van der Waals surface area contributed by atoms with Crippen LogP contribution in [-0.4, -0.2) is 24.9 Å². The third-order valence-electron chi connectivity index (χ3n) is 2.96. The Hall–Kier alpha value is -3.62. The zero-order valence-electron chi connectivity index (χ0n) is 12.6. The molecule has 0 bridgehead atoms. The number of hydrogen-bond donors (Lipinski definition) is 1. The van der Waals surface area contributed by atoms with Crippen LogP contribution >= 0.6 is 0 Å². The van der Waals surface area contributed by atoms with Crippen molar-refractivity contribution in [3.8, 4) is 11.6 Å². The summed E-state index contributed by atoms with van der Waals surface area (Å²) in [5, 5.41) is 14.3. The van der Waals surface area contributed by atoms with Crippen molar-refractivity contribution in [1.29, 1.82) is 0 Å². The fourth-order valence-corrected chi connectivity index (χ4v) is 1.95. The number of hydrogen-bond acceptors (Lipinski definition) is 8. The molecule has 0 saturated carbocycles. The Morgan fingerprint density at radius 1 is 1.21 bits per heavy atom. The fourth-order valence-electron chi connectivity index (χ4n) is 1.95. The van der Waals surface area contributed by atoms with E-state index in [2.05, 4.69) is 25.3 Å². The molecule has 0 atom stereocenters. The van der Waals surface area contributed by atoms with Crippen molar-refractivity contribution in [3.63, 3.8) is 0 Å². The van der Waals surface area contributed by atoms with Gasteiger partial charge in [0.2, 0.25) is 5.82 Å². The topological polar surface area (TPSA) is 116 Å². The Balaban J connectivity index is 1.97. The van der Waals surface area contributed by atoms with E-state index < -0.39 is 4.92 Å². The van der Waals surface area contributed by atoms with E-state index in [0.29, 0.717) is 11.6 Å². The first kappa shape index (κ1) is 15.3. The number of pyridine rings is 2. The van der Waals surface area contributed by atoms with Crippen LogP contribution in [0.2, 0.25) is 0 Å². The van der Waals surface area contributed by atoms with Crippen LogP contribution in [0, 0.1) is 17.0 Å². The lowest BCUT2D eigenvalue weighted by molar-refractivity contribution is -0.385. The molecule has 0 radical (unpaired) electrons. The predicted molar refractivity (Wildman–Crippen MR) is 85.3 cm³/mol. The number of aromatic nitrogens is 4. The maximum atomic E-state index is 11.5. The summed E-state index contributed by atoms with van der Waals surface area (Å²) in [4.78, 5) is 26.8. The highest BCUT2D eigenvalue weighted by Gasteiger charge is 2.25. The molecule has 9 nitrogen and oxygen atoms in total. The minimum absolute atomic E-state index is 0.00742. The van der Waals surface area contributed by atoms with Crippen LogP contribution in [0.15, 0.2) is 49.1 Å². The van der Waals surface area contributed by atoms with E-state index in [1.165, 1.54) is 12.5 Å². The van der Waals surface area contributed by atoms with Crippen molar-refractivity contribution in [1.82, 2.24) is 19.9 Å². The Kier molecular flexibility index (Phi) is 4.23. The Labute approximate surface area is 136 Å². The highest BCUT2D eigenvalue weighted by Crippen LogP contribution is 2.34. The molecular weight excluding hydrogens is 312 g/mol. The SMILES string of the molecule is Cc1cccc(Nc2ncnc(Oc3cccnc3)c2[N+](=O)[O-])n1. The first-order chi connectivity index (χ1) is 11.6. The molecule has 9 heteroatoms. The van der Waals surface area contributed by atoms with E-state index in [1.54, 1.807) is 30.5 Å². The van der Waals surface area contributed by atoms with Crippen molar-refractivity contribution in [2.45, 2.75) is 6.92 Å². The lowest BCUT2D eigenvalue weighted by Crippen LogP contribution is -2.04. The predicted octanol–water partition coefficient (Wildman–Crippen LogP) is 3.02. The van der Waals surface area contributed by atoms with E-state index in [9.17, 15) is 10.1 Å². The van der Waals surface area contributed by atoms with E-state index in [1.807, 2.05) is 13.0 Å². The van der Waals surface area contributed by atoms with Crippen LogP contribution in [0.5, 0.6) is 11.6 Å². The first-order valence-corrected chi connectivity index (χ1v) is 6.91. The van der Waals surface area contributed by atoms with Crippen LogP contribution in [0.3, 0.4) is 0 Å².